The van der Waals surface area contributed by atoms with Crippen molar-refractivity contribution in [1.29, 1.82) is 0 Å². The van der Waals surface area contributed by atoms with E-state index < -0.39 is 0 Å². The second kappa shape index (κ2) is 8.96. The molecule has 4 heteroatoms. The summed E-state index contributed by atoms with van der Waals surface area (Å²) in [6, 6.07) is 5.34. The maximum atomic E-state index is 6.11. The molecule has 0 unspecified atom stereocenters. The van der Waals surface area contributed by atoms with Crippen molar-refractivity contribution in [2.45, 2.75) is 64.3 Å². The first-order valence-corrected chi connectivity index (χ1v) is 9.00. The molecule has 0 heterocycles. The van der Waals surface area contributed by atoms with Gasteiger partial charge in [-0.1, -0.05) is 76.1 Å². The molecule has 0 amide bonds. The first-order chi connectivity index (χ1) is 9.44. The summed E-state index contributed by atoms with van der Waals surface area (Å²) in [5.41, 5.74) is 0. The van der Waals surface area contributed by atoms with Crippen molar-refractivity contribution in [2.75, 3.05) is 0 Å². The van der Waals surface area contributed by atoms with Gasteiger partial charge in [-0.2, -0.15) is 0 Å². The van der Waals surface area contributed by atoms with E-state index in [2.05, 4.69) is 20.8 Å². The molecule has 1 aromatic carbocycles. The van der Waals surface area contributed by atoms with Crippen LogP contribution in [-0.4, -0.2) is 9.76 Å². The largest absolute Gasteiger partial charge is 0.539 e. The molecular weight excluding hydrogens is 307 g/mol. The SMILES string of the molecule is CCCCCCCC(C)(C)[Si]Oc1cc(Cl)ccc1Cl. The number of benzene rings is 1. The molecule has 0 N–H and O–H groups in total. The standard InChI is InChI=1S/C16H24Cl2OSi/c1-4-5-6-7-8-11-16(2,3)20-19-15-12-13(17)9-10-14(15)18/h9-10,12H,4-8,11H2,1-3H3. The van der Waals surface area contributed by atoms with Gasteiger partial charge in [0, 0.05) is 5.02 Å². The first-order valence-electron chi connectivity index (χ1n) is 7.33. The third kappa shape index (κ3) is 7.01. The van der Waals surface area contributed by atoms with Crippen LogP contribution in [0.15, 0.2) is 18.2 Å². The van der Waals surface area contributed by atoms with E-state index in [1.807, 2.05) is 0 Å². The van der Waals surface area contributed by atoms with Crippen molar-refractivity contribution in [2.24, 2.45) is 0 Å². The van der Waals surface area contributed by atoms with Gasteiger partial charge in [0.25, 0.3) is 0 Å². The summed E-state index contributed by atoms with van der Waals surface area (Å²) in [5, 5.41) is 1.48. The highest BCUT2D eigenvalue weighted by molar-refractivity contribution is 6.36. The molecule has 20 heavy (non-hydrogen) atoms. The third-order valence-electron chi connectivity index (χ3n) is 3.24. The zero-order valence-electron chi connectivity index (χ0n) is 12.6. The lowest BCUT2D eigenvalue weighted by Crippen LogP contribution is -2.19. The van der Waals surface area contributed by atoms with Gasteiger partial charge in [-0.05, 0) is 29.7 Å². The van der Waals surface area contributed by atoms with Crippen LogP contribution in [0.25, 0.3) is 0 Å². The summed E-state index contributed by atoms with van der Waals surface area (Å²) in [6.45, 7) is 6.75. The predicted octanol–water partition coefficient (Wildman–Crippen LogP) is 6.55. The molecule has 1 rings (SSSR count). The predicted molar refractivity (Wildman–Crippen MR) is 90.3 cm³/mol. The number of hydrogen-bond donors (Lipinski definition) is 0. The summed E-state index contributed by atoms with van der Waals surface area (Å²) < 4.78 is 5.87. The minimum Gasteiger partial charge on any atom is -0.539 e. The average Bonchev–Trinajstić information content (AvgIpc) is 2.40. The van der Waals surface area contributed by atoms with Gasteiger partial charge in [-0.3, -0.25) is 0 Å². The zero-order chi connectivity index (χ0) is 15.0. The van der Waals surface area contributed by atoms with Gasteiger partial charge < -0.3 is 4.43 Å². The Bertz CT molecular complexity index is 407. The highest BCUT2D eigenvalue weighted by atomic mass is 35.5. The van der Waals surface area contributed by atoms with Crippen LogP contribution in [0.4, 0.5) is 0 Å². The first kappa shape index (κ1) is 17.9. The minimum absolute atomic E-state index is 0.192. The molecule has 112 valence electrons. The smallest absolute Gasteiger partial charge is 0.317 e. The van der Waals surface area contributed by atoms with E-state index in [9.17, 15) is 0 Å². The van der Waals surface area contributed by atoms with E-state index in [0.717, 1.165) is 0 Å². The summed E-state index contributed by atoms with van der Waals surface area (Å²) in [5.74, 6) is 0.691. The number of hydrogen-bond acceptors (Lipinski definition) is 1. The number of rotatable bonds is 9. The molecule has 0 spiro atoms. The van der Waals surface area contributed by atoms with Crippen LogP contribution in [0, 0.1) is 0 Å². The molecule has 0 aliphatic rings. The van der Waals surface area contributed by atoms with E-state index in [1.165, 1.54) is 38.5 Å². The van der Waals surface area contributed by atoms with E-state index in [1.54, 1.807) is 18.2 Å². The quantitative estimate of drug-likeness (QED) is 0.368. The lowest BCUT2D eigenvalue weighted by molar-refractivity contribution is 0.478. The van der Waals surface area contributed by atoms with Crippen molar-refractivity contribution >= 4 is 33.0 Å². The number of unbranched alkanes of at least 4 members (excludes halogenated alkanes) is 4. The van der Waals surface area contributed by atoms with Gasteiger partial charge in [-0.15, -0.1) is 0 Å². The highest BCUT2D eigenvalue weighted by Gasteiger charge is 2.22. The maximum absolute atomic E-state index is 6.11. The Hall–Kier alpha value is -0.183. The Labute approximate surface area is 135 Å². The fourth-order valence-electron chi connectivity index (χ4n) is 1.97. The molecule has 1 nitrogen and oxygen atoms in total. The van der Waals surface area contributed by atoms with Gasteiger partial charge in [0.2, 0.25) is 0 Å². The molecule has 0 aromatic heterocycles. The van der Waals surface area contributed by atoms with Crippen LogP contribution in [0.2, 0.25) is 15.1 Å². The van der Waals surface area contributed by atoms with E-state index in [-0.39, 0.29) is 5.04 Å². The fraction of sp³-hybridized carbons (Fsp3) is 0.625. The molecule has 0 saturated heterocycles. The zero-order valence-corrected chi connectivity index (χ0v) is 15.2. The van der Waals surface area contributed by atoms with E-state index in [4.69, 9.17) is 27.6 Å². The van der Waals surface area contributed by atoms with Crippen LogP contribution < -0.4 is 4.43 Å². The topological polar surface area (TPSA) is 9.23 Å². The molecule has 0 aliphatic carbocycles. The molecule has 0 saturated carbocycles. The van der Waals surface area contributed by atoms with E-state index >= 15 is 0 Å². The van der Waals surface area contributed by atoms with Crippen molar-refractivity contribution in [3.8, 4) is 5.75 Å². The highest BCUT2D eigenvalue weighted by Crippen LogP contribution is 2.33. The fourth-order valence-corrected chi connectivity index (χ4v) is 3.19. The molecule has 2 radical (unpaired) electrons. The van der Waals surface area contributed by atoms with Crippen LogP contribution >= 0.6 is 23.2 Å². The monoisotopic (exact) mass is 330 g/mol. The van der Waals surface area contributed by atoms with E-state index in [0.29, 0.717) is 25.6 Å². The Morgan fingerprint density at radius 2 is 1.80 bits per heavy atom. The normalized spacial score (nSPS) is 11.7. The second-order valence-electron chi connectivity index (χ2n) is 5.83. The summed E-state index contributed by atoms with van der Waals surface area (Å²) in [7, 11) is 0.398. The van der Waals surface area contributed by atoms with Crippen LogP contribution in [0.5, 0.6) is 5.75 Å². The third-order valence-corrected chi connectivity index (χ3v) is 4.91. The van der Waals surface area contributed by atoms with Gasteiger partial charge in [0.15, 0.2) is 0 Å². The van der Waals surface area contributed by atoms with Crippen molar-refractivity contribution in [3.05, 3.63) is 28.2 Å². The van der Waals surface area contributed by atoms with Crippen molar-refractivity contribution < 1.29 is 4.43 Å². The second-order valence-corrected chi connectivity index (χ2v) is 8.43. The average molecular weight is 331 g/mol. The van der Waals surface area contributed by atoms with Gasteiger partial charge in [0.1, 0.15) is 5.75 Å². The van der Waals surface area contributed by atoms with Crippen LogP contribution in [-0.2, 0) is 0 Å². The summed E-state index contributed by atoms with van der Waals surface area (Å²) in [6.07, 6.45) is 7.76. The molecule has 0 aliphatic heterocycles. The Kier molecular flexibility index (Phi) is 8.01. The number of halogens is 2. The van der Waals surface area contributed by atoms with Crippen LogP contribution in [0.3, 0.4) is 0 Å². The van der Waals surface area contributed by atoms with Crippen molar-refractivity contribution in [1.82, 2.24) is 0 Å². The molecule has 0 bridgehead atoms. The molecule has 0 atom stereocenters. The maximum Gasteiger partial charge on any atom is 0.317 e. The Morgan fingerprint density at radius 1 is 1.10 bits per heavy atom. The summed E-state index contributed by atoms with van der Waals surface area (Å²) >= 11 is 12.1. The Morgan fingerprint density at radius 3 is 2.50 bits per heavy atom. The molecule has 0 fully saturated rings. The minimum atomic E-state index is 0.192. The lowest BCUT2D eigenvalue weighted by atomic mass is 10.0. The molecular formula is C16H24Cl2OSi. The van der Waals surface area contributed by atoms with Crippen molar-refractivity contribution in [3.63, 3.8) is 0 Å². The van der Waals surface area contributed by atoms with Crippen LogP contribution in [0.1, 0.15) is 59.3 Å². The lowest BCUT2D eigenvalue weighted by Gasteiger charge is -2.23. The van der Waals surface area contributed by atoms with Gasteiger partial charge >= 0.3 is 9.76 Å². The summed E-state index contributed by atoms with van der Waals surface area (Å²) in [4.78, 5) is 0. The Balaban J connectivity index is 2.36. The van der Waals surface area contributed by atoms with Gasteiger partial charge in [0.05, 0.1) is 5.02 Å². The molecule has 1 aromatic rings. The van der Waals surface area contributed by atoms with Gasteiger partial charge in [-0.25, -0.2) is 0 Å².